The van der Waals surface area contributed by atoms with Gasteiger partial charge in [0, 0.05) is 34.4 Å². The molecule has 2 fully saturated rings. The van der Waals surface area contributed by atoms with E-state index in [1.807, 2.05) is 74.2 Å². The maximum atomic E-state index is 12.8. The van der Waals surface area contributed by atoms with E-state index in [1.54, 1.807) is 18.9 Å². The summed E-state index contributed by atoms with van der Waals surface area (Å²) in [6.45, 7) is 10.6. The number of hydrogen-bond acceptors (Lipinski definition) is 5. The highest BCUT2D eigenvalue weighted by atomic mass is 16.2. The van der Waals surface area contributed by atoms with Gasteiger partial charge in [-0.1, -0.05) is 62.4 Å². The van der Waals surface area contributed by atoms with Gasteiger partial charge in [-0.15, -0.1) is 0 Å². The summed E-state index contributed by atoms with van der Waals surface area (Å²) in [5.74, 6) is -0.0462. The maximum Gasteiger partial charge on any atom is 0.246 e. The van der Waals surface area contributed by atoms with Crippen molar-refractivity contribution in [1.29, 1.82) is 5.26 Å². The number of benzene rings is 1. The van der Waals surface area contributed by atoms with Gasteiger partial charge in [0.05, 0.1) is 18.0 Å². The van der Waals surface area contributed by atoms with Gasteiger partial charge in [0.2, 0.25) is 18.2 Å². The topological polar surface area (TPSA) is 106 Å². The molecule has 2 aliphatic heterocycles. The normalized spacial score (nSPS) is 18.7. The molecule has 0 aliphatic carbocycles. The monoisotopic (exact) mass is 501 g/mol. The quantitative estimate of drug-likeness (QED) is 0.440. The summed E-state index contributed by atoms with van der Waals surface area (Å²) in [6, 6.07) is 13.3. The van der Waals surface area contributed by atoms with Crippen LogP contribution in [0, 0.1) is 22.7 Å². The highest BCUT2D eigenvalue weighted by molar-refractivity contribution is 5.90. The Morgan fingerprint density at radius 3 is 2.06 bits per heavy atom. The number of likely N-dealkylation sites (tertiary alicyclic amines) is 2. The van der Waals surface area contributed by atoms with Crippen molar-refractivity contribution in [2.75, 3.05) is 33.2 Å². The van der Waals surface area contributed by atoms with Crippen molar-refractivity contribution in [2.45, 2.75) is 59.0 Å². The van der Waals surface area contributed by atoms with E-state index in [2.05, 4.69) is 16.7 Å². The van der Waals surface area contributed by atoms with Gasteiger partial charge in [-0.2, -0.15) is 5.26 Å². The molecule has 0 spiro atoms. The predicted octanol–water partition coefficient (Wildman–Crippen LogP) is 3.47. The van der Waals surface area contributed by atoms with E-state index >= 15 is 0 Å². The second-order valence-electron chi connectivity index (χ2n) is 9.68. The highest BCUT2D eigenvalue weighted by Gasteiger charge is 2.38. The van der Waals surface area contributed by atoms with Crippen LogP contribution >= 0.6 is 0 Å². The number of hydrogen-bond donors (Lipinski definition) is 2. The average Bonchev–Trinajstić information content (AvgIpc) is 3.60. The van der Waals surface area contributed by atoms with Crippen LogP contribution in [-0.4, -0.2) is 73.3 Å². The Hall–Kier alpha value is -3.18. The van der Waals surface area contributed by atoms with Crippen LogP contribution in [0.1, 0.15) is 49.8 Å². The lowest BCUT2D eigenvalue weighted by Crippen LogP contribution is -2.57. The summed E-state index contributed by atoms with van der Waals surface area (Å²) in [5, 5.41) is 14.2. The van der Waals surface area contributed by atoms with E-state index in [4.69, 9.17) is 5.26 Å². The zero-order valence-electron chi connectivity index (χ0n) is 22.4. The molecule has 2 heterocycles. The molecule has 0 radical (unpaired) electrons. The molecule has 0 unspecified atom stereocenters. The molecule has 36 heavy (non-hydrogen) atoms. The third-order valence-corrected chi connectivity index (χ3v) is 6.34. The number of carbonyl (C=O) groups excluding carboxylic acids is 3. The summed E-state index contributed by atoms with van der Waals surface area (Å²) in [4.78, 5) is 38.5. The molecule has 0 bridgehead atoms. The Labute approximate surface area is 219 Å². The fourth-order valence-electron chi connectivity index (χ4n) is 3.98. The van der Waals surface area contributed by atoms with E-state index in [0.29, 0.717) is 6.54 Å². The minimum absolute atomic E-state index is 0. The molecule has 0 saturated carbocycles. The average molecular weight is 502 g/mol. The van der Waals surface area contributed by atoms with Crippen LogP contribution in [0.5, 0.6) is 0 Å². The zero-order valence-corrected chi connectivity index (χ0v) is 22.4. The third-order valence-electron chi connectivity index (χ3n) is 6.34. The molecule has 3 atom stereocenters. The highest BCUT2D eigenvalue weighted by Crippen LogP contribution is 2.25. The Kier molecular flexibility index (Phi) is 14.1. The maximum absolute atomic E-state index is 12.8. The zero-order chi connectivity index (χ0) is 27.0. The van der Waals surface area contributed by atoms with Gasteiger partial charge < -0.3 is 20.4 Å². The van der Waals surface area contributed by atoms with Crippen molar-refractivity contribution in [2.24, 2.45) is 11.3 Å². The summed E-state index contributed by atoms with van der Waals surface area (Å²) >= 11 is 0. The van der Waals surface area contributed by atoms with Crippen LogP contribution in [0.15, 0.2) is 48.6 Å². The van der Waals surface area contributed by atoms with Crippen molar-refractivity contribution in [3.63, 3.8) is 0 Å². The molecule has 3 amide bonds. The molecule has 2 N–H and O–H groups in total. The fraction of sp³-hybridized carbons (Fsp3) is 0.571. The summed E-state index contributed by atoms with van der Waals surface area (Å²) in [5.41, 5.74) is -0.419. The van der Waals surface area contributed by atoms with Crippen LogP contribution in [0.3, 0.4) is 0 Å². The first-order chi connectivity index (χ1) is 17.2. The van der Waals surface area contributed by atoms with Gasteiger partial charge in [-0.05, 0) is 40.2 Å². The third kappa shape index (κ3) is 10.6. The SMILES string of the molecule is C/C=C\C(C)(C)[C@H](NC(=O)[C@H](C)NC)C(=O)N1CCCC1.N#C[C@H]1CCN(C=O)C1.[HH].[HH].c1ccccc1. The second-order valence-corrected chi connectivity index (χ2v) is 9.68. The van der Waals surface area contributed by atoms with E-state index in [1.165, 1.54) is 0 Å². The Balaban J connectivity index is 0. The van der Waals surface area contributed by atoms with Crippen molar-refractivity contribution < 1.29 is 17.2 Å². The summed E-state index contributed by atoms with van der Waals surface area (Å²) < 4.78 is 0. The van der Waals surface area contributed by atoms with Crippen LogP contribution in [0.25, 0.3) is 0 Å². The lowest BCUT2D eigenvalue weighted by molar-refractivity contribution is -0.138. The fourth-order valence-corrected chi connectivity index (χ4v) is 3.98. The van der Waals surface area contributed by atoms with Crippen LogP contribution in [0.2, 0.25) is 0 Å². The van der Waals surface area contributed by atoms with E-state index in [-0.39, 0.29) is 26.6 Å². The Morgan fingerprint density at radius 1 is 1.11 bits per heavy atom. The molecule has 2 aliphatic rings. The summed E-state index contributed by atoms with van der Waals surface area (Å²) in [7, 11) is 1.73. The van der Waals surface area contributed by atoms with E-state index < -0.39 is 11.5 Å². The molecule has 8 nitrogen and oxygen atoms in total. The van der Waals surface area contributed by atoms with Gasteiger partial charge in [0.1, 0.15) is 6.04 Å². The number of amides is 3. The first-order valence-corrected chi connectivity index (χ1v) is 12.7. The molecular formula is C28H47N5O3. The second kappa shape index (κ2) is 16.5. The van der Waals surface area contributed by atoms with E-state index in [0.717, 1.165) is 45.3 Å². The molecule has 0 aromatic heterocycles. The lowest BCUT2D eigenvalue weighted by atomic mass is 9.83. The van der Waals surface area contributed by atoms with Crippen molar-refractivity contribution >= 4 is 18.2 Å². The number of nitrogens with one attached hydrogen (secondary N) is 2. The van der Waals surface area contributed by atoms with Crippen LogP contribution < -0.4 is 10.6 Å². The van der Waals surface area contributed by atoms with Crippen molar-refractivity contribution in [3.05, 3.63) is 48.6 Å². The van der Waals surface area contributed by atoms with Crippen molar-refractivity contribution in [3.8, 4) is 6.07 Å². The number of carbonyl (C=O) groups is 3. The lowest BCUT2D eigenvalue weighted by Gasteiger charge is -2.34. The van der Waals surface area contributed by atoms with Gasteiger partial charge in [0.15, 0.2) is 0 Å². The number of likely N-dealkylation sites (N-methyl/N-ethyl adjacent to an activating group) is 1. The van der Waals surface area contributed by atoms with Gasteiger partial charge >= 0.3 is 0 Å². The minimum atomic E-state index is -0.532. The Morgan fingerprint density at radius 2 is 1.67 bits per heavy atom. The van der Waals surface area contributed by atoms with Crippen molar-refractivity contribution in [1.82, 2.24) is 20.4 Å². The molecule has 2 saturated heterocycles. The first-order valence-electron chi connectivity index (χ1n) is 12.7. The van der Waals surface area contributed by atoms with Gasteiger partial charge in [-0.25, -0.2) is 0 Å². The minimum Gasteiger partial charge on any atom is -0.344 e. The molecule has 1 aromatic rings. The molecule has 202 valence electrons. The predicted molar refractivity (Wildman–Crippen MR) is 147 cm³/mol. The summed E-state index contributed by atoms with van der Waals surface area (Å²) in [6.07, 6.45) is 7.65. The van der Waals surface area contributed by atoms with Gasteiger partial charge in [0.25, 0.3) is 0 Å². The molecule has 8 heteroatoms. The molecular weight excluding hydrogens is 454 g/mol. The molecule has 3 rings (SSSR count). The standard InChI is InChI=1S/C16H29N3O2.C6H8N2O.C6H6.2H2/c1-6-9-16(3,4)13(18-14(20)12(2)17-5)15(21)19-10-7-8-11-19;7-3-6-1-2-8(4-6)5-9;1-2-4-6-5-3-1;;/h6,9,12-13,17H,7-8,10-11H2,1-5H3,(H,18,20);5-6H,1-2,4H2;1-6H;2*1H/b9-6-;;;;/t12-,13+;6-;;;/m01.../s1. The first kappa shape index (κ1) is 30.9. The number of nitriles is 1. The van der Waals surface area contributed by atoms with Crippen LogP contribution in [0.4, 0.5) is 0 Å². The smallest absolute Gasteiger partial charge is 0.246 e. The Bertz CT molecular complexity index is 844. The van der Waals surface area contributed by atoms with Gasteiger partial charge in [-0.3, -0.25) is 14.4 Å². The van der Waals surface area contributed by atoms with Crippen LogP contribution in [-0.2, 0) is 14.4 Å². The van der Waals surface area contributed by atoms with E-state index in [9.17, 15) is 14.4 Å². The number of allylic oxidation sites excluding steroid dienone is 1. The molecule has 1 aromatic carbocycles. The largest absolute Gasteiger partial charge is 0.344 e. The number of nitrogens with zero attached hydrogens (tertiary/aromatic N) is 3. The number of rotatable bonds is 7.